The third kappa shape index (κ3) is 2.95. The zero-order chi connectivity index (χ0) is 20.2. The Morgan fingerprint density at radius 1 is 1.00 bits per heavy atom. The Bertz CT molecular complexity index is 823. The maximum absolute atomic E-state index is 12.9. The average Bonchev–Trinajstić information content (AvgIpc) is 3.32. The fourth-order valence-electron chi connectivity index (χ4n) is 4.84. The summed E-state index contributed by atoms with van der Waals surface area (Å²) in [5, 5.41) is 0. The molecule has 1 saturated heterocycles. The Morgan fingerprint density at radius 2 is 1.54 bits per heavy atom. The molecule has 1 aromatic rings. The maximum Gasteiger partial charge on any atom is 0.338 e. The van der Waals surface area contributed by atoms with E-state index in [9.17, 15) is 19.2 Å². The molecule has 2 amide bonds. The summed E-state index contributed by atoms with van der Waals surface area (Å²) in [5.74, 6) is -0.623. The number of Topliss-reactive ketones (excluding diaryl/α,β-unsaturated/α-hetero) is 1. The van der Waals surface area contributed by atoms with Gasteiger partial charge in [-0.05, 0) is 55.4 Å². The summed E-state index contributed by atoms with van der Waals surface area (Å²) in [5.41, 5.74) is 0.203. The molecular weight excluding hydrogens is 358 g/mol. The first-order chi connectivity index (χ1) is 13.2. The molecule has 148 valence electrons. The van der Waals surface area contributed by atoms with Crippen LogP contribution in [0.2, 0.25) is 0 Å². The number of carbonyl (C=O) groups is 4. The molecule has 6 nitrogen and oxygen atoms in total. The van der Waals surface area contributed by atoms with E-state index in [4.69, 9.17) is 4.74 Å². The van der Waals surface area contributed by atoms with Crippen LogP contribution in [0, 0.1) is 29.1 Å². The van der Waals surface area contributed by atoms with Crippen molar-refractivity contribution in [1.82, 2.24) is 0 Å². The second kappa shape index (κ2) is 6.54. The summed E-state index contributed by atoms with van der Waals surface area (Å²) in [7, 11) is 0. The number of carbonyl (C=O) groups excluding carboxylic acids is 4. The number of nitrogens with zero attached hydrogens (tertiary/aromatic N) is 1. The lowest BCUT2D eigenvalue weighted by Gasteiger charge is -2.19. The van der Waals surface area contributed by atoms with Crippen molar-refractivity contribution in [3.63, 3.8) is 0 Å². The second-order valence-corrected chi connectivity index (χ2v) is 9.19. The Hall–Kier alpha value is -2.50. The van der Waals surface area contributed by atoms with Gasteiger partial charge in [-0.25, -0.2) is 4.79 Å². The molecule has 2 aliphatic carbocycles. The maximum atomic E-state index is 12.9. The van der Waals surface area contributed by atoms with E-state index < -0.39 is 11.4 Å². The van der Waals surface area contributed by atoms with E-state index in [1.807, 2.05) is 0 Å². The number of hydrogen-bond donors (Lipinski definition) is 0. The molecule has 3 fully saturated rings. The van der Waals surface area contributed by atoms with E-state index in [0.717, 1.165) is 19.3 Å². The van der Waals surface area contributed by atoms with Crippen LogP contribution in [0.15, 0.2) is 24.3 Å². The molecule has 6 heteroatoms. The number of esters is 1. The van der Waals surface area contributed by atoms with Crippen LogP contribution in [0.5, 0.6) is 0 Å². The van der Waals surface area contributed by atoms with E-state index in [2.05, 4.69) is 0 Å². The highest BCUT2D eigenvalue weighted by atomic mass is 16.5. The summed E-state index contributed by atoms with van der Waals surface area (Å²) < 4.78 is 5.09. The fourth-order valence-corrected chi connectivity index (χ4v) is 4.84. The van der Waals surface area contributed by atoms with Crippen molar-refractivity contribution in [2.24, 2.45) is 29.1 Å². The molecule has 1 heterocycles. The summed E-state index contributed by atoms with van der Waals surface area (Å²) >= 11 is 0. The fraction of sp³-hybridized carbons (Fsp3) is 0.545. The lowest BCUT2D eigenvalue weighted by Crippen LogP contribution is -2.32. The molecule has 3 aliphatic rings. The first kappa shape index (κ1) is 18.8. The zero-order valence-corrected chi connectivity index (χ0v) is 16.4. The molecule has 0 N–H and O–H groups in total. The molecule has 0 spiro atoms. The third-order valence-corrected chi connectivity index (χ3v) is 6.46. The summed E-state index contributed by atoms with van der Waals surface area (Å²) in [6.07, 6.45) is 3.08. The highest BCUT2D eigenvalue weighted by Crippen LogP contribution is 2.56. The Kier molecular flexibility index (Phi) is 4.40. The molecule has 2 saturated carbocycles. The number of fused-ring (bicyclic) bond motifs is 5. The third-order valence-electron chi connectivity index (χ3n) is 6.46. The molecule has 0 aromatic heterocycles. The first-order valence-corrected chi connectivity index (χ1v) is 9.87. The van der Waals surface area contributed by atoms with E-state index in [0.29, 0.717) is 17.5 Å². The van der Waals surface area contributed by atoms with Gasteiger partial charge in [-0.15, -0.1) is 0 Å². The number of ketones is 1. The minimum absolute atomic E-state index is 0.103. The van der Waals surface area contributed by atoms with Gasteiger partial charge in [0, 0.05) is 5.41 Å². The van der Waals surface area contributed by atoms with Crippen molar-refractivity contribution in [3.8, 4) is 0 Å². The summed E-state index contributed by atoms with van der Waals surface area (Å²) in [6, 6.07) is 6.26. The minimum atomic E-state index is -0.599. The van der Waals surface area contributed by atoms with Crippen LogP contribution in [-0.2, 0) is 19.1 Å². The van der Waals surface area contributed by atoms with Crippen molar-refractivity contribution in [2.45, 2.75) is 40.0 Å². The van der Waals surface area contributed by atoms with E-state index >= 15 is 0 Å². The predicted octanol–water partition coefficient (Wildman–Crippen LogP) is 2.99. The van der Waals surface area contributed by atoms with E-state index in [-0.39, 0.29) is 41.6 Å². The van der Waals surface area contributed by atoms with Gasteiger partial charge in [0.2, 0.25) is 11.8 Å². The lowest BCUT2D eigenvalue weighted by molar-refractivity contribution is -0.129. The highest BCUT2D eigenvalue weighted by molar-refractivity contribution is 6.22. The molecule has 0 unspecified atom stereocenters. The number of benzene rings is 1. The first-order valence-electron chi connectivity index (χ1n) is 9.87. The van der Waals surface area contributed by atoms with Gasteiger partial charge in [0.05, 0.1) is 23.1 Å². The van der Waals surface area contributed by atoms with Gasteiger partial charge in [0.15, 0.2) is 12.4 Å². The summed E-state index contributed by atoms with van der Waals surface area (Å²) in [4.78, 5) is 51.1. The van der Waals surface area contributed by atoms with Gasteiger partial charge < -0.3 is 4.74 Å². The van der Waals surface area contributed by atoms with Crippen LogP contribution in [-0.4, -0.2) is 30.2 Å². The van der Waals surface area contributed by atoms with Gasteiger partial charge in [-0.3, -0.25) is 19.3 Å². The largest absolute Gasteiger partial charge is 0.454 e. The zero-order valence-electron chi connectivity index (χ0n) is 16.4. The van der Waals surface area contributed by atoms with Crippen molar-refractivity contribution in [2.75, 3.05) is 11.5 Å². The molecule has 4 atom stereocenters. The number of amides is 2. The van der Waals surface area contributed by atoms with Crippen molar-refractivity contribution in [1.29, 1.82) is 0 Å². The van der Waals surface area contributed by atoms with Crippen LogP contribution < -0.4 is 4.90 Å². The standard InChI is InChI=1S/C22H25NO5/c1-22(2,3)16(24)11-28-21(27)12-6-8-15(9-7-12)23-19(25)17-13-4-5-14(10-13)18(17)20(23)26/h6-9,13-14,17-18H,4-5,10-11H2,1-3H3/t13-,14-,17+,18+/m0/s1. The highest BCUT2D eigenvalue weighted by Gasteiger charge is 2.61. The number of anilines is 1. The van der Waals surface area contributed by atoms with Crippen LogP contribution >= 0.6 is 0 Å². The quantitative estimate of drug-likeness (QED) is 0.590. The van der Waals surface area contributed by atoms with E-state index in [1.54, 1.807) is 32.9 Å². The number of rotatable bonds is 4. The van der Waals surface area contributed by atoms with Crippen LogP contribution in [0.3, 0.4) is 0 Å². The topological polar surface area (TPSA) is 80.8 Å². The number of imide groups is 1. The SMILES string of the molecule is CC(C)(C)C(=O)COC(=O)c1ccc(N2C(=O)[C@@H]3[C@H]4CC[C@@H](C4)[C@H]3C2=O)cc1. The Balaban J connectivity index is 1.45. The second-order valence-electron chi connectivity index (χ2n) is 9.19. The smallest absolute Gasteiger partial charge is 0.338 e. The van der Waals surface area contributed by atoms with Crippen molar-refractivity contribution < 1.29 is 23.9 Å². The van der Waals surface area contributed by atoms with Crippen LogP contribution in [0.4, 0.5) is 5.69 Å². The molecule has 4 rings (SSSR count). The monoisotopic (exact) mass is 383 g/mol. The van der Waals surface area contributed by atoms with Crippen molar-refractivity contribution >= 4 is 29.3 Å². The lowest BCUT2D eigenvalue weighted by atomic mass is 9.81. The predicted molar refractivity (Wildman–Crippen MR) is 101 cm³/mol. The van der Waals surface area contributed by atoms with E-state index in [1.165, 1.54) is 17.0 Å². The Labute approximate surface area is 164 Å². The van der Waals surface area contributed by atoms with Crippen LogP contribution in [0.1, 0.15) is 50.4 Å². The van der Waals surface area contributed by atoms with Gasteiger partial charge in [0.25, 0.3) is 0 Å². The normalized spacial score (nSPS) is 28.6. The Morgan fingerprint density at radius 3 is 2.04 bits per heavy atom. The van der Waals surface area contributed by atoms with Crippen molar-refractivity contribution in [3.05, 3.63) is 29.8 Å². The van der Waals surface area contributed by atoms with Gasteiger partial charge in [0.1, 0.15) is 0 Å². The van der Waals surface area contributed by atoms with Crippen LogP contribution in [0.25, 0.3) is 0 Å². The summed E-state index contributed by atoms with van der Waals surface area (Å²) in [6.45, 7) is 5.02. The average molecular weight is 383 g/mol. The van der Waals surface area contributed by atoms with Gasteiger partial charge in [-0.2, -0.15) is 0 Å². The minimum Gasteiger partial charge on any atom is -0.454 e. The molecule has 28 heavy (non-hydrogen) atoms. The van der Waals surface area contributed by atoms with Gasteiger partial charge in [-0.1, -0.05) is 20.8 Å². The molecule has 0 radical (unpaired) electrons. The molecule has 1 aromatic carbocycles. The molecule has 1 aliphatic heterocycles. The number of hydrogen-bond acceptors (Lipinski definition) is 5. The molecular formula is C22H25NO5. The number of ether oxygens (including phenoxy) is 1. The molecule has 2 bridgehead atoms. The van der Waals surface area contributed by atoms with Gasteiger partial charge >= 0.3 is 5.97 Å².